The highest BCUT2D eigenvalue weighted by molar-refractivity contribution is 5.21. The molecule has 1 aliphatic rings. The van der Waals surface area contributed by atoms with Gasteiger partial charge in [0, 0.05) is 25.9 Å². The third kappa shape index (κ3) is 2.80. The van der Waals surface area contributed by atoms with Crippen LogP contribution in [-0.4, -0.2) is 23.9 Å². The van der Waals surface area contributed by atoms with E-state index in [0.717, 1.165) is 5.56 Å². The van der Waals surface area contributed by atoms with Crippen molar-refractivity contribution < 1.29 is 8.78 Å². The van der Waals surface area contributed by atoms with E-state index in [0.29, 0.717) is 0 Å². The molecule has 0 bridgehead atoms. The Morgan fingerprint density at radius 1 is 1.18 bits per heavy atom. The van der Waals surface area contributed by atoms with Gasteiger partial charge in [0.1, 0.15) is 0 Å². The van der Waals surface area contributed by atoms with Crippen LogP contribution >= 0.6 is 0 Å². The Labute approximate surface area is 99.7 Å². The zero-order valence-corrected chi connectivity index (χ0v) is 9.44. The Balaban J connectivity index is 2.09. The molecule has 2 nitrogen and oxygen atoms in total. The molecule has 0 saturated carbocycles. The minimum absolute atomic E-state index is 0.147. The number of benzene rings is 1. The monoisotopic (exact) mass is 236 g/mol. The topological polar surface area (TPSA) is 7.60 Å². The smallest absolute Gasteiger partial charge is 0.291 e. The van der Waals surface area contributed by atoms with Crippen LogP contribution in [0, 0.1) is 6.57 Å². The van der Waals surface area contributed by atoms with Crippen LogP contribution in [-0.2, 0) is 0 Å². The molecular weight excluding hydrogens is 222 g/mol. The second kappa shape index (κ2) is 4.80. The molecule has 1 saturated heterocycles. The molecule has 1 unspecified atom stereocenters. The second-order valence-corrected chi connectivity index (χ2v) is 4.31. The van der Waals surface area contributed by atoms with Gasteiger partial charge in [-0.3, -0.25) is 4.85 Å². The maximum absolute atomic E-state index is 13.0. The molecule has 4 heteroatoms. The normalized spacial score (nSPS) is 21.7. The summed E-state index contributed by atoms with van der Waals surface area (Å²) < 4.78 is 26.1. The summed E-state index contributed by atoms with van der Waals surface area (Å²) in [6, 6.07) is 9.36. The van der Waals surface area contributed by atoms with Gasteiger partial charge >= 0.3 is 6.17 Å². The van der Waals surface area contributed by atoms with E-state index in [2.05, 4.69) is 4.85 Å². The summed E-state index contributed by atoms with van der Waals surface area (Å²) in [6.45, 7) is 7.80. The van der Waals surface area contributed by atoms with Gasteiger partial charge in [-0.1, -0.05) is 18.2 Å². The summed E-state index contributed by atoms with van der Waals surface area (Å²) in [5.41, 5.74) is 0.882. The lowest BCUT2D eigenvalue weighted by molar-refractivity contribution is -0.0601. The minimum Gasteiger partial charge on any atom is -0.291 e. The van der Waals surface area contributed by atoms with E-state index >= 15 is 0 Å². The van der Waals surface area contributed by atoms with E-state index < -0.39 is 12.1 Å². The molecule has 2 rings (SSSR count). The highest BCUT2D eigenvalue weighted by Gasteiger charge is 2.38. The van der Waals surface area contributed by atoms with E-state index in [1.165, 1.54) is 0 Å². The van der Waals surface area contributed by atoms with E-state index in [-0.39, 0.29) is 25.9 Å². The molecule has 1 fully saturated rings. The van der Waals surface area contributed by atoms with Crippen LogP contribution in [0.25, 0.3) is 4.85 Å². The molecule has 0 radical (unpaired) electrons. The van der Waals surface area contributed by atoms with Gasteiger partial charge in [0.05, 0.1) is 5.56 Å². The first-order valence-electron chi connectivity index (χ1n) is 5.66. The summed E-state index contributed by atoms with van der Waals surface area (Å²) in [6.07, 6.45) is -0.718. The van der Waals surface area contributed by atoms with Crippen molar-refractivity contribution in [3.05, 3.63) is 47.3 Å². The second-order valence-electron chi connectivity index (χ2n) is 4.31. The number of hydrogen-bond acceptors (Lipinski definition) is 1. The third-order valence-corrected chi connectivity index (χ3v) is 3.10. The summed E-state index contributed by atoms with van der Waals surface area (Å²) in [4.78, 5) is 5.39. The molecule has 1 aromatic rings. The first kappa shape index (κ1) is 12.0. The van der Waals surface area contributed by atoms with Crippen LogP contribution in [0.4, 0.5) is 8.78 Å². The van der Waals surface area contributed by atoms with Gasteiger partial charge in [-0.05, 0) is 12.1 Å². The highest BCUT2D eigenvalue weighted by atomic mass is 19.3. The first-order valence-corrected chi connectivity index (χ1v) is 5.66. The number of nitrogens with zero attached hydrogens (tertiary/aromatic N) is 2. The van der Waals surface area contributed by atoms with Crippen LogP contribution < -0.4 is 0 Å². The molecule has 0 aliphatic carbocycles. The van der Waals surface area contributed by atoms with Gasteiger partial charge in [0.25, 0.3) is 5.92 Å². The fraction of sp³-hybridized carbons (Fsp3) is 0.462. The van der Waals surface area contributed by atoms with E-state index in [9.17, 15) is 8.78 Å². The number of rotatable bonds is 2. The summed E-state index contributed by atoms with van der Waals surface area (Å²) in [5, 5.41) is 0. The number of halogens is 2. The fourth-order valence-electron chi connectivity index (χ4n) is 2.09. The van der Waals surface area contributed by atoms with Gasteiger partial charge in [-0.25, -0.2) is 20.3 Å². The van der Waals surface area contributed by atoms with Crippen molar-refractivity contribution in [1.82, 2.24) is 4.90 Å². The summed E-state index contributed by atoms with van der Waals surface area (Å²) >= 11 is 0. The van der Waals surface area contributed by atoms with Gasteiger partial charge < -0.3 is 0 Å². The van der Waals surface area contributed by atoms with E-state index in [4.69, 9.17) is 6.57 Å². The molecule has 1 aromatic carbocycles. The van der Waals surface area contributed by atoms with E-state index in [1.807, 2.05) is 35.2 Å². The van der Waals surface area contributed by atoms with Gasteiger partial charge in [0.15, 0.2) is 0 Å². The highest BCUT2D eigenvalue weighted by Crippen LogP contribution is 2.32. The molecule has 17 heavy (non-hydrogen) atoms. The molecule has 1 aliphatic heterocycles. The summed E-state index contributed by atoms with van der Waals surface area (Å²) in [5.74, 6) is -2.56. The molecule has 0 amide bonds. The van der Waals surface area contributed by atoms with Crippen LogP contribution in [0.2, 0.25) is 0 Å². The van der Waals surface area contributed by atoms with Crippen molar-refractivity contribution in [2.24, 2.45) is 0 Å². The Hall–Kier alpha value is -1.47. The Bertz CT molecular complexity index is 401. The maximum atomic E-state index is 13.0. The SMILES string of the molecule is [C-]#[N+]C(c1ccccc1)N1CCC(F)(F)CC1. The lowest BCUT2D eigenvalue weighted by Crippen LogP contribution is -2.40. The third-order valence-electron chi connectivity index (χ3n) is 3.10. The molecule has 1 heterocycles. The Morgan fingerprint density at radius 3 is 2.29 bits per heavy atom. The van der Waals surface area contributed by atoms with Crippen molar-refractivity contribution >= 4 is 0 Å². The predicted molar refractivity (Wildman–Crippen MR) is 61.5 cm³/mol. The average Bonchev–Trinajstić information content (AvgIpc) is 2.33. The van der Waals surface area contributed by atoms with Gasteiger partial charge in [-0.15, -0.1) is 0 Å². The standard InChI is InChI=1S/C13H14F2N2/c1-16-12(11-5-3-2-4-6-11)17-9-7-13(14,15)8-10-17/h2-6,12H,7-10H2. The van der Waals surface area contributed by atoms with Gasteiger partial charge in [0.2, 0.25) is 0 Å². The zero-order chi connectivity index (χ0) is 12.3. The number of alkyl halides is 2. The number of hydrogen-bond donors (Lipinski definition) is 0. The number of piperidine rings is 1. The lowest BCUT2D eigenvalue weighted by atomic mass is 10.0. The van der Waals surface area contributed by atoms with Crippen molar-refractivity contribution in [3.8, 4) is 0 Å². The van der Waals surface area contributed by atoms with Crippen molar-refractivity contribution in [1.29, 1.82) is 0 Å². The largest absolute Gasteiger partial charge is 0.305 e. The van der Waals surface area contributed by atoms with Crippen LogP contribution in [0.5, 0.6) is 0 Å². The summed E-state index contributed by atoms with van der Waals surface area (Å²) in [7, 11) is 0. The Kier molecular flexibility index (Phi) is 3.39. The average molecular weight is 236 g/mol. The van der Waals surface area contributed by atoms with Crippen LogP contribution in [0.1, 0.15) is 24.6 Å². The van der Waals surface area contributed by atoms with Crippen LogP contribution in [0.3, 0.4) is 0 Å². The van der Waals surface area contributed by atoms with Crippen molar-refractivity contribution in [2.45, 2.75) is 24.9 Å². The molecule has 1 atom stereocenters. The predicted octanol–water partition coefficient (Wildman–Crippen LogP) is 3.34. The molecule has 0 spiro atoms. The molecule has 0 aromatic heterocycles. The first-order chi connectivity index (χ1) is 8.12. The molecule has 90 valence electrons. The van der Waals surface area contributed by atoms with Gasteiger partial charge in [-0.2, -0.15) is 0 Å². The quantitative estimate of drug-likeness (QED) is 0.715. The molecule has 0 N–H and O–H groups in total. The fourth-order valence-corrected chi connectivity index (χ4v) is 2.09. The lowest BCUT2D eigenvalue weighted by Gasteiger charge is -2.31. The van der Waals surface area contributed by atoms with E-state index in [1.54, 1.807) is 0 Å². The van der Waals surface area contributed by atoms with Crippen LogP contribution in [0.15, 0.2) is 30.3 Å². The van der Waals surface area contributed by atoms with Crippen molar-refractivity contribution in [2.75, 3.05) is 13.1 Å². The minimum atomic E-state index is -2.56. The molecular formula is C13H14F2N2. The number of likely N-dealkylation sites (tertiary alicyclic amines) is 1. The zero-order valence-electron chi connectivity index (χ0n) is 9.44. The van der Waals surface area contributed by atoms with Crippen molar-refractivity contribution in [3.63, 3.8) is 0 Å². The maximum Gasteiger partial charge on any atom is 0.305 e. The Morgan fingerprint density at radius 2 is 1.76 bits per heavy atom.